The van der Waals surface area contributed by atoms with E-state index in [9.17, 15) is 12.3 Å². The van der Waals surface area contributed by atoms with Gasteiger partial charge in [0.1, 0.15) is 0 Å². The van der Waals surface area contributed by atoms with E-state index in [0.29, 0.717) is 4.31 Å². The molecule has 0 aromatic rings. The Balaban J connectivity index is 3.90. The fourth-order valence-electron chi connectivity index (χ4n) is 0.228. The van der Waals surface area contributed by atoms with Gasteiger partial charge in [-0.25, -0.2) is 0 Å². The maximum atomic E-state index is 11.8. The second-order valence-electron chi connectivity index (χ2n) is 1.45. The molecule has 0 unspecified atom stereocenters. The molecule has 0 saturated carbocycles. The summed E-state index contributed by atoms with van der Waals surface area (Å²) in [5.41, 5.74) is 0. The zero-order valence-corrected chi connectivity index (χ0v) is 6.41. The highest BCUT2D eigenvalue weighted by Crippen LogP contribution is 1.97. The lowest BCUT2D eigenvalue weighted by Crippen LogP contribution is -2.24. The van der Waals surface area contributed by atoms with Crippen LogP contribution in [0.5, 0.6) is 0 Å². The predicted octanol–water partition coefficient (Wildman–Crippen LogP) is 0.371. The van der Waals surface area contributed by atoms with Crippen LogP contribution in [0.4, 0.5) is 3.89 Å². The largest absolute Gasteiger partial charge is 0.374 e. The van der Waals surface area contributed by atoms with Crippen molar-refractivity contribution in [3.63, 3.8) is 0 Å². The van der Waals surface area contributed by atoms with E-state index in [2.05, 4.69) is 0 Å². The summed E-state index contributed by atoms with van der Waals surface area (Å²) >= 11 is 5.13. The molecule has 0 atom stereocenters. The number of hydrogen-bond donors (Lipinski definition) is 0. The SMILES string of the molecule is CN(CCCl)S(=O)(=O)F. The maximum absolute atomic E-state index is 11.8. The first-order chi connectivity index (χ1) is 3.98. The molecule has 3 nitrogen and oxygen atoms in total. The second-order valence-corrected chi connectivity index (χ2v) is 3.28. The van der Waals surface area contributed by atoms with Crippen LogP contribution < -0.4 is 0 Å². The van der Waals surface area contributed by atoms with Gasteiger partial charge in [0, 0.05) is 19.5 Å². The molecule has 0 aliphatic rings. The van der Waals surface area contributed by atoms with E-state index in [1.807, 2.05) is 0 Å². The summed E-state index contributed by atoms with van der Waals surface area (Å²) in [4.78, 5) is 0. The summed E-state index contributed by atoms with van der Waals surface area (Å²) in [6.07, 6.45) is 0. The number of hydrogen-bond acceptors (Lipinski definition) is 2. The summed E-state index contributed by atoms with van der Waals surface area (Å²) in [6.45, 7) is 0.000386. The average molecular weight is 176 g/mol. The molecule has 0 spiro atoms. The topological polar surface area (TPSA) is 37.4 Å². The number of nitrogens with zero attached hydrogens (tertiary/aromatic N) is 1. The van der Waals surface area contributed by atoms with Crippen molar-refractivity contribution in [3.05, 3.63) is 0 Å². The molecule has 9 heavy (non-hydrogen) atoms. The molecule has 0 aromatic heterocycles. The predicted molar refractivity (Wildman–Crippen MR) is 33.4 cm³/mol. The fourth-order valence-corrected chi connectivity index (χ4v) is 0.891. The highest BCUT2D eigenvalue weighted by Gasteiger charge is 2.13. The molecule has 0 aliphatic heterocycles. The first kappa shape index (κ1) is 9.13. The van der Waals surface area contributed by atoms with Crippen LogP contribution in [-0.4, -0.2) is 32.2 Å². The average Bonchev–Trinajstić information content (AvgIpc) is 1.64. The van der Waals surface area contributed by atoms with Crippen molar-refractivity contribution in [1.29, 1.82) is 0 Å². The van der Waals surface area contributed by atoms with Gasteiger partial charge in [0.25, 0.3) is 0 Å². The first-order valence-electron chi connectivity index (χ1n) is 2.20. The van der Waals surface area contributed by atoms with Gasteiger partial charge in [-0.15, -0.1) is 11.6 Å². The van der Waals surface area contributed by atoms with Gasteiger partial charge in [-0.2, -0.15) is 12.7 Å². The Hall–Kier alpha value is 0.130. The van der Waals surface area contributed by atoms with Crippen LogP contribution in [0.2, 0.25) is 0 Å². The molecule has 0 heterocycles. The summed E-state index contributed by atoms with van der Waals surface area (Å²) in [6, 6.07) is 0. The lowest BCUT2D eigenvalue weighted by atomic mass is 10.8. The third kappa shape index (κ3) is 3.66. The normalized spacial score (nSPS) is 12.4. The Morgan fingerprint density at radius 1 is 1.67 bits per heavy atom. The van der Waals surface area contributed by atoms with Gasteiger partial charge in [-0.05, 0) is 0 Å². The molecule has 0 N–H and O–H groups in total. The van der Waals surface area contributed by atoms with Gasteiger partial charge in [0.15, 0.2) is 0 Å². The lowest BCUT2D eigenvalue weighted by Gasteiger charge is -2.06. The van der Waals surface area contributed by atoms with Crippen molar-refractivity contribution < 1.29 is 12.3 Å². The Bertz CT molecular complexity index is 169. The molecule has 0 aliphatic carbocycles. The van der Waals surface area contributed by atoms with Crippen molar-refractivity contribution in [2.75, 3.05) is 19.5 Å². The number of alkyl halides is 1. The van der Waals surface area contributed by atoms with E-state index in [1.165, 1.54) is 0 Å². The smallest absolute Gasteiger partial charge is 0.177 e. The Kier molecular flexibility index (Phi) is 3.38. The summed E-state index contributed by atoms with van der Waals surface area (Å²) < 4.78 is 32.2. The highest BCUT2D eigenvalue weighted by molar-refractivity contribution is 7.83. The van der Waals surface area contributed by atoms with Crippen molar-refractivity contribution in [3.8, 4) is 0 Å². The molecule has 0 amide bonds. The van der Waals surface area contributed by atoms with Gasteiger partial charge >= 0.3 is 10.4 Å². The summed E-state index contributed by atoms with van der Waals surface area (Å²) in [5.74, 6) is 0.0969. The van der Waals surface area contributed by atoms with Crippen LogP contribution in [-0.2, 0) is 10.4 Å². The van der Waals surface area contributed by atoms with E-state index >= 15 is 0 Å². The Morgan fingerprint density at radius 2 is 2.11 bits per heavy atom. The van der Waals surface area contributed by atoms with Crippen molar-refractivity contribution in [2.24, 2.45) is 0 Å². The Labute approximate surface area is 58.8 Å². The number of halogens is 2. The quantitative estimate of drug-likeness (QED) is 0.459. The van der Waals surface area contributed by atoms with E-state index in [4.69, 9.17) is 11.6 Å². The summed E-state index contributed by atoms with van der Waals surface area (Å²) in [7, 11) is -3.39. The first-order valence-corrected chi connectivity index (χ1v) is 4.08. The van der Waals surface area contributed by atoms with Gasteiger partial charge in [-0.3, -0.25) is 0 Å². The van der Waals surface area contributed by atoms with Crippen LogP contribution in [0.3, 0.4) is 0 Å². The maximum Gasteiger partial charge on any atom is 0.374 e. The molecule has 0 aromatic carbocycles. The van der Waals surface area contributed by atoms with Crippen molar-refractivity contribution >= 4 is 22.0 Å². The molecular weight excluding hydrogens is 169 g/mol. The molecule has 0 rings (SSSR count). The van der Waals surface area contributed by atoms with Gasteiger partial charge in [0.05, 0.1) is 0 Å². The standard InChI is InChI=1S/C3H7ClFNO2S/c1-6(3-2-4)9(5,7)8/h2-3H2,1H3. The van der Waals surface area contributed by atoms with Crippen molar-refractivity contribution in [2.45, 2.75) is 0 Å². The highest BCUT2D eigenvalue weighted by atomic mass is 35.5. The van der Waals surface area contributed by atoms with E-state index in [-0.39, 0.29) is 12.4 Å². The van der Waals surface area contributed by atoms with E-state index < -0.39 is 10.4 Å². The van der Waals surface area contributed by atoms with Crippen LogP contribution in [0, 0.1) is 0 Å². The molecule has 56 valence electrons. The minimum atomic E-state index is -4.52. The van der Waals surface area contributed by atoms with Crippen LogP contribution in [0.15, 0.2) is 0 Å². The van der Waals surface area contributed by atoms with Gasteiger partial charge < -0.3 is 0 Å². The molecule has 0 bridgehead atoms. The molecule has 6 heteroatoms. The monoisotopic (exact) mass is 175 g/mol. The van der Waals surface area contributed by atoms with Gasteiger partial charge in [0.2, 0.25) is 0 Å². The van der Waals surface area contributed by atoms with Gasteiger partial charge in [-0.1, -0.05) is 3.89 Å². The van der Waals surface area contributed by atoms with E-state index in [0.717, 1.165) is 7.05 Å². The molecule has 0 saturated heterocycles. The second kappa shape index (κ2) is 3.34. The van der Waals surface area contributed by atoms with Crippen LogP contribution >= 0.6 is 11.6 Å². The molecule has 0 radical (unpaired) electrons. The lowest BCUT2D eigenvalue weighted by molar-refractivity contribution is 0.447. The van der Waals surface area contributed by atoms with E-state index in [1.54, 1.807) is 0 Å². The van der Waals surface area contributed by atoms with Crippen LogP contribution in [0.25, 0.3) is 0 Å². The number of rotatable bonds is 3. The summed E-state index contributed by atoms with van der Waals surface area (Å²) in [5, 5.41) is 0. The van der Waals surface area contributed by atoms with Crippen LogP contribution in [0.1, 0.15) is 0 Å². The fraction of sp³-hybridized carbons (Fsp3) is 1.00. The minimum absolute atomic E-state index is 0.000386. The molecule has 0 fully saturated rings. The minimum Gasteiger partial charge on any atom is -0.177 e. The van der Waals surface area contributed by atoms with Crippen molar-refractivity contribution in [1.82, 2.24) is 4.31 Å². The Morgan fingerprint density at radius 3 is 2.22 bits per heavy atom. The zero-order valence-electron chi connectivity index (χ0n) is 4.84. The third-order valence-corrected chi connectivity index (χ3v) is 1.87. The third-order valence-electron chi connectivity index (χ3n) is 0.772. The zero-order chi connectivity index (χ0) is 7.49. The molecular formula is C3H7ClFNO2S.